The molecule has 25 heavy (non-hydrogen) atoms. The lowest BCUT2D eigenvalue weighted by Crippen LogP contribution is -2.05. The summed E-state index contributed by atoms with van der Waals surface area (Å²) in [7, 11) is 0. The first-order chi connectivity index (χ1) is 12.0. The predicted molar refractivity (Wildman–Crippen MR) is 96.7 cm³/mol. The van der Waals surface area contributed by atoms with Gasteiger partial charge < -0.3 is 10.6 Å². The first kappa shape index (κ1) is 15.9. The van der Waals surface area contributed by atoms with E-state index in [-0.39, 0.29) is 11.4 Å². The molecule has 2 N–H and O–H groups in total. The maximum Gasteiger partial charge on any atom is 0.221 e. The third-order valence-corrected chi connectivity index (χ3v) is 5.19. The van der Waals surface area contributed by atoms with E-state index in [4.69, 9.17) is 0 Å². The fraction of sp³-hybridized carbons (Fsp3) is 0.0625. The van der Waals surface area contributed by atoms with Gasteiger partial charge in [0, 0.05) is 18.7 Å². The van der Waals surface area contributed by atoms with E-state index in [9.17, 15) is 13.6 Å². The summed E-state index contributed by atoms with van der Waals surface area (Å²) in [6, 6.07) is 7.46. The number of aromatic nitrogens is 2. The standard InChI is InChI=1S/C16H10F2N4OS2/c1-7(23)19-9-2-3-11-12(6-9)24-15(20-11)22-16-21-14-10(18)4-8(17)5-13(14)25-16/h2-6H,1H3,(H,19,23)(H,20,21,22). The van der Waals surface area contributed by atoms with Gasteiger partial charge >= 0.3 is 0 Å². The second-order valence-corrected chi connectivity index (χ2v) is 7.32. The van der Waals surface area contributed by atoms with Crippen molar-refractivity contribution < 1.29 is 13.6 Å². The van der Waals surface area contributed by atoms with E-state index in [1.807, 2.05) is 6.07 Å². The molecule has 9 heteroatoms. The zero-order valence-corrected chi connectivity index (χ0v) is 14.4. The van der Waals surface area contributed by atoms with Crippen molar-refractivity contribution in [2.75, 3.05) is 10.6 Å². The SMILES string of the molecule is CC(=O)Nc1ccc2nc(Nc3nc4c(F)cc(F)cc4s3)sc2c1. The number of carbonyl (C=O) groups excluding carboxylic acids is 1. The molecule has 0 saturated heterocycles. The van der Waals surface area contributed by atoms with E-state index in [2.05, 4.69) is 20.6 Å². The Morgan fingerprint density at radius 3 is 2.60 bits per heavy atom. The number of rotatable bonds is 3. The zero-order chi connectivity index (χ0) is 17.6. The van der Waals surface area contributed by atoms with Crippen LogP contribution in [0.3, 0.4) is 0 Å². The third-order valence-electron chi connectivity index (χ3n) is 3.34. The molecule has 126 valence electrons. The molecule has 2 heterocycles. The molecule has 0 aliphatic carbocycles. The van der Waals surface area contributed by atoms with Crippen LogP contribution >= 0.6 is 22.7 Å². The molecule has 0 aliphatic heterocycles. The van der Waals surface area contributed by atoms with Gasteiger partial charge in [-0.3, -0.25) is 4.79 Å². The van der Waals surface area contributed by atoms with Crippen LogP contribution in [0, 0.1) is 11.6 Å². The van der Waals surface area contributed by atoms with Crippen LogP contribution in [0.2, 0.25) is 0 Å². The molecule has 0 atom stereocenters. The lowest BCUT2D eigenvalue weighted by molar-refractivity contribution is -0.114. The van der Waals surface area contributed by atoms with Gasteiger partial charge in [-0.15, -0.1) is 0 Å². The van der Waals surface area contributed by atoms with Gasteiger partial charge in [-0.2, -0.15) is 0 Å². The van der Waals surface area contributed by atoms with Crippen molar-refractivity contribution in [2.45, 2.75) is 6.92 Å². The summed E-state index contributed by atoms with van der Waals surface area (Å²) in [6.45, 7) is 1.44. The number of nitrogens with zero attached hydrogens (tertiary/aromatic N) is 2. The Bertz CT molecular complexity index is 1120. The third kappa shape index (κ3) is 3.15. The van der Waals surface area contributed by atoms with Gasteiger partial charge in [-0.25, -0.2) is 18.7 Å². The van der Waals surface area contributed by atoms with Crippen molar-refractivity contribution in [3.63, 3.8) is 0 Å². The Kier molecular flexibility index (Phi) is 3.81. The van der Waals surface area contributed by atoms with Gasteiger partial charge in [0.25, 0.3) is 0 Å². The highest BCUT2D eigenvalue weighted by molar-refractivity contribution is 7.24. The minimum Gasteiger partial charge on any atom is -0.326 e. The average molecular weight is 376 g/mol. The van der Waals surface area contributed by atoms with Crippen molar-refractivity contribution >= 4 is 65.0 Å². The van der Waals surface area contributed by atoms with Crippen LogP contribution in [0.1, 0.15) is 6.92 Å². The van der Waals surface area contributed by atoms with Crippen molar-refractivity contribution in [1.29, 1.82) is 0 Å². The van der Waals surface area contributed by atoms with Gasteiger partial charge in [0.15, 0.2) is 16.1 Å². The predicted octanol–water partition coefficient (Wildman–Crippen LogP) is 4.89. The monoisotopic (exact) mass is 376 g/mol. The largest absolute Gasteiger partial charge is 0.326 e. The second-order valence-electron chi connectivity index (χ2n) is 5.26. The topological polar surface area (TPSA) is 66.9 Å². The number of benzene rings is 2. The molecule has 0 bridgehead atoms. The lowest BCUT2D eigenvalue weighted by Gasteiger charge is -1.99. The van der Waals surface area contributed by atoms with Crippen LogP contribution in [-0.4, -0.2) is 15.9 Å². The second kappa shape index (κ2) is 6.01. The van der Waals surface area contributed by atoms with E-state index in [0.717, 1.165) is 27.6 Å². The normalized spacial score (nSPS) is 11.2. The first-order valence-electron chi connectivity index (χ1n) is 7.19. The fourth-order valence-corrected chi connectivity index (χ4v) is 4.23. The van der Waals surface area contributed by atoms with Crippen LogP contribution in [0.4, 0.5) is 24.7 Å². The van der Waals surface area contributed by atoms with E-state index < -0.39 is 11.6 Å². The number of fused-ring (bicyclic) bond motifs is 2. The van der Waals surface area contributed by atoms with Gasteiger partial charge in [-0.1, -0.05) is 22.7 Å². The Hall–Kier alpha value is -2.65. The highest BCUT2D eigenvalue weighted by Gasteiger charge is 2.12. The minimum atomic E-state index is -0.691. The van der Waals surface area contributed by atoms with Gasteiger partial charge in [0.05, 0.1) is 14.9 Å². The fourth-order valence-electron chi connectivity index (χ4n) is 2.36. The quantitative estimate of drug-likeness (QED) is 0.534. The van der Waals surface area contributed by atoms with E-state index in [0.29, 0.717) is 20.7 Å². The Morgan fingerprint density at radius 2 is 1.80 bits per heavy atom. The number of hydrogen-bond acceptors (Lipinski definition) is 6. The summed E-state index contributed by atoms with van der Waals surface area (Å²) in [4.78, 5) is 19.7. The zero-order valence-electron chi connectivity index (χ0n) is 12.8. The maximum absolute atomic E-state index is 13.7. The van der Waals surface area contributed by atoms with Crippen LogP contribution in [0.5, 0.6) is 0 Å². The molecule has 1 amide bonds. The summed E-state index contributed by atoms with van der Waals surface area (Å²) in [5.41, 5.74) is 1.58. The number of nitrogens with one attached hydrogen (secondary N) is 2. The molecule has 4 aromatic rings. The molecule has 0 radical (unpaired) electrons. The van der Waals surface area contributed by atoms with Gasteiger partial charge in [0.1, 0.15) is 11.3 Å². The summed E-state index contributed by atoms with van der Waals surface area (Å²) < 4.78 is 28.3. The van der Waals surface area contributed by atoms with E-state index in [1.54, 1.807) is 12.1 Å². The van der Waals surface area contributed by atoms with E-state index >= 15 is 0 Å². The lowest BCUT2D eigenvalue weighted by atomic mass is 10.3. The van der Waals surface area contributed by atoms with Crippen molar-refractivity contribution in [2.24, 2.45) is 0 Å². The Balaban J connectivity index is 1.66. The number of thiazole rings is 2. The Labute approximate surface area is 148 Å². The number of amides is 1. The molecule has 5 nitrogen and oxygen atoms in total. The highest BCUT2D eigenvalue weighted by Crippen LogP contribution is 2.34. The van der Waals surface area contributed by atoms with Gasteiger partial charge in [-0.05, 0) is 24.3 Å². The summed E-state index contributed by atoms with van der Waals surface area (Å²) in [5, 5.41) is 6.76. The summed E-state index contributed by atoms with van der Waals surface area (Å²) in [6.07, 6.45) is 0. The molecule has 0 spiro atoms. The Morgan fingerprint density at radius 1 is 1.04 bits per heavy atom. The van der Waals surface area contributed by atoms with Crippen molar-refractivity contribution in [3.05, 3.63) is 42.0 Å². The first-order valence-corrected chi connectivity index (χ1v) is 8.82. The molecule has 0 fully saturated rings. The number of anilines is 3. The minimum absolute atomic E-state index is 0.128. The van der Waals surface area contributed by atoms with Crippen molar-refractivity contribution in [3.8, 4) is 0 Å². The maximum atomic E-state index is 13.7. The van der Waals surface area contributed by atoms with Crippen LogP contribution in [0.25, 0.3) is 20.4 Å². The van der Waals surface area contributed by atoms with Crippen LogP contribution in [0.15, 0.2) is 30.3 Å². The van der Waals surface area contributed by atoms with E-state index in [1.165, 1.54) is 24.3 Å². The smallest absolute Gasteiger partial charge is 0.221 e. The molecular weight excluding hydrogens is 366 g/mol. The van der Waals surface area contributed by atoms with Gasteiger partial charge in [0.2, 0.25) is 5.91 Å². The highest BCUT2D eigenvalue weighted by atomic mass is 32.1. The average Bonchev–Trinajstić information content (AvgIpc) is 3.09. The number of halogens is 2. The van der Waals surface area contributed by atoms with Crippen LogP contribution in [-0.2, 0) is 4.79 Å². The molecule has 2 aromatic carbocycles. The molecular formula is C16H10F2N4OS2. The molecule has 0 aliphatic rings. The summed E-state index contributed by atoms with van der Waals surface area (Å²) >= 11 is 2.53. The molecule has 0 saturated carbocycles. The molecule has 4 rings (SSSR count). The summed E-state index contributed by atoms with van der Waals surface area (Å²) in [5.74, 6) is -1.47. The molecule has 0 unspecified atom stereocenters. The van der Waals surface area contributed by atoms with Crippen LogP contribution < -0.4 is 10.6 Å². The van der Waals surface area contributed by atoms with Crippen molar-refractivity contribution in [1.82, 2.24) is 9.97 Å². The number of hydrogen-bond donors (Lipinski definition) is 2. The molecule has 2 aromatic heterocycles. The number of carbonyl (C=O) groups is 1.